The van der Waals surface area contributed by atoms with E-state index in [-0.39, 0.29) is 24.2 Å². The second-order valence-electron chi connectivity index (χ2n) is 7.90. The first kappa shape index (κ1) is 18.6. The summed E-state index contributed by atoms with van der Waals surface area (Å²) < 4.78 is 0. The second kappa shape index (κ2) is 7.78. The first-order valence-corrected chi connectivity index (χ1v) is 10.4. The molecule has 30 heavy (non-hydrogen) atoms. The number of piperazine rings is 1. The Morgan fingerprint density at radius 3 is 2.47 bits per heavy atom. The summed E-state index contributed by atoms with van der Waals surface area (Å²) >= 11 is 0. The van der Waals surface area contributed by atoms with E-state index in [2.05, 4.69) is 9.88 Å². The summed E-state index contributed by atoms with van der Waals surface area (Å²) in [6.45, 7) is 3.29. The van der Waals surface area contributed by atoms with Crippen molar-refractivity contribution in [1.82, 2.24) is 9.88 Å². The van der Waals surface area contributed by atoms with E-state index in [0.717, 1.165) is 35.4 Å². The van der Waals surface area contributed by atoms with Crippen LogP contribution >= 0.6 is 0 Å². The van der Waals surface area contributed by atoms with Crippen molar-refractivity contribution >= 4 is 34.1 Å². The SMILES string of the molecule is O=C(C1CC(=O)N(c2cccc3ccccc23)C1)N1CCN(c2ccccn2)CC1. The van der Waals surface area contributed by atoms with E-state index < -0.39 is 0 Å². The van der Waals surface area contributed by atoms with Gasteiger partial charge in [-0.2, -0.15) is 0 Å². The van der Waals surface area contributed by atoms with Gasteiger partial charge in [-0.05, 0) is 23.6 Å². The summed E-state index contributed by atoms with van der Waals surface area (Å²) in [4.78, 5) is 36.2. The number of anilines is 2. The highest BCUT2D eigenvalue weighted by atomic mass is 16.2. The molecule has 3 aromatic rings. The summed E-state index contributed by atoms with van der Waals surface area (Å²) in [6.07, 6.45) is 2.07. The molecule has 2 amide bonds. The molecule has 0 aliphatic carbocycles. The Bertz CT molecular complexity index is 1070. The van der Waals surface area contributed by atoms with Crippen LogP contribution in [0.5, 0.6) is 0 Å². The van der Waals surface area contributed by atoms with Crippen molar-refractivity contribution in [2.24, 2.45) is 5.92 Å². The molecule has 0 bridgehead atoms. The third-order valence-corrected chi connectivity index (χ3v) is 6.10. The van der Waals surface area contributed by atoms with E-state index in [9.17, 15) is 9.59 Å². The van der Waals surface area contributed by atoms with Gasteiger partial charge in [-0.25, -0.2) is 4.98 Å². The molecule has 3 heterocycles. The van der Waals surface area contributed by atoms with E-state index >= 15 is 0 Å². The van der Waals surface area contributed by atoms with Gasteiger partial charge in [0.1, 0.15) is 5.82 Å². The summed E-state index contributed by atoms with van der Waals surface area (Å²) in [5.74, 6) is 0.782. The van der Waals surface area contributed by atoms with E-state index in [4.69, 9.17) is 0 Å². The van der Waals surface area contributed by atoms with Gasteiger partial charge < -0.3 is 14.7 Å². The molecule has 1 unspecified atom stereocenters. The first-order chi connectivity index (χ1) is 14.7. The van der Waals surface area contributed by atoms with Gasteiger partial charge in [0.15, 0.2) is 0 Å². The third-order valence-electron chi connectivity index (χ3n) is 6.10. The Hall–Kier alpha value is -3.41. The maximum Gasteiger partial charge on any atom is 0.228 e. The van der Waals surface area contributed by atoms with Crippen molar-refractivity contribution < 1.29 is 9.59 Å². The molecule has 2 aromatic carbocycles. The minimum atomic E-state index is -0.280. The average molecular weight is 400 g/mol. The normalized spacial score (nSPS) is 19.5. The van der Waals surface area contributed by atoms with Gasteiger partial charge in [0.05, 0.1) is 11.6 Å². The Kier molecular flexibility index (Phi) is 4.83. The van der Waals surface area contributed by atoms with Crippen molar-refractivity contribution in [3.8, 4) is 0 Å². The highest BCUT2D eigenvalue weighted by Crippen LogP contribution is 2.32. The number of rotatable bonds is 3. The van der Waals surface area contributed by atoms with Gasteiger partial charge in [-0.3, -0.25) is 9.59 Å². The average Bonchev–Trinajstić information content (AvgIpc) is 3.20. The van der Waals surface area contributed by atoms with Gasteiger partial charge in [0.25, 0.3) is 0 Å². The quantitative estimate of drug-likeness (QED) is 0.678. The molecule has 1 atom stereocenters. The van der Waals surface area contributed by atoms with Crippen LogP contribution in [0.3, 0.4) is 0 Å². The van der Waals surface area contributed by atoms with Crippen LogP contribution in [0, 0.1) is 5.92 Å². The lowest BCUT2D eigenvalue weighted by Gasteiger charge is -2.36. The molecule has 152 valence electrons. The van der Waals surface area contributed by atoms with Crippen LogP contribution in [-0.4, -0.2) is 54.4 Å². The van der Waals surface area contributed by atoms with Gasteiger partial charge >= 0.3 is 0 Å². The fraction of sp³-hybridized carbons (Fsp3) is 0.292. The smallest absolute Gasteiger partial charge is 0.228 e. The molecular weight excluding hydrogens is 376 g/mol. The number of amides is 2. The number of carbonyl (C=O) groups excluding carboxylic acids is 2. The van der Waals surface area contributed by atoms with Crippen molar-refractivity contribution in [2.45, 2.75) is 6.42 Å². The molecule has 0 N–H and O–H groups in total. The monoisotopic (exact) mass is 400 g/mol. The van der Waals surface area contributed by atoms with Crippen LogP contribution in [0.4, 0.5) is 11.5 Å². The highest BCUT2D eigenvalue weighted by Gasteiger charge is 2.38. The molecule has 6 heteroatoms. The zero-order valence-electron chi connectivity index (χ0n) is 16.8. The van der Waals surface area contributed by atoms with Crippen LogP contribution in [0.25, 0.3) is 10.8 Å². The minimum absolute atomic E-state index is 0.0248. The van der Waals surface area contributed by atoms with Crippen LogP contribution in [-0.2, 0) is 9.59 Å². The van der Waals surface area contributed by atoms with Crippen molar-refractivity contribution in [3.63, 3.8) is 0 Å². The summed E-state index contributed by atoms with van der Waals surface area (Å²) in [6, 6.07) is 19.9. The number of aromatic nitrogens is 1. The lowest BCUT2D eigenvalue weighted by Crippen LogP contribution is -2.51. The summed E-state index contributed by atoms with van der Waals surface area (Å²) in [5, 5.41) is 2.15. The van der Waals surface area contributed by atoms with E-state index in [0.29, 0.717) is 19.6 Å². The van der Waals surface area contributed by atoms with Crippen LogP contribution in [0.15, 0.2) is 66.9 Å². The third kappa shape index (κ3) is 3.38. The summed E-state index contributed by atoms with van der Waals surface area (Å²) in [5.41, 5.74) is 0.897. The zero-order chi connectivity index (χ0) is 20.5. The largest absolute Gasteiger partial charge is 0.353 e. The standard InChI is InChI=1S/C24H24N4O2/c29-23-16-19(17-28(23)21-9-5-7-18-6-1-2-8-20(18)21)24(30)27-14-12-26(13-15-27)22-10-3-4-11-25-22/h1-11,19H,12-17H2. The van der Waals surface area contributed by atoms with Gasteiger partial charge in [-0.15, -0.1) is 0 Å². The summed E-state index contributed by atoms with van der Waals surface area (Å²) in [7, 11) is 0. The maximum atomic E-state index is 13.1. The van der Waals surface area contributed by atoms with Gasteiger partial charge in [0, 0.05) is 50.7 Å². The Labute approximate surface area is 175 Å². The van der Waals surface area contributed by atoms with Gasteiger partial charge in [-0.1, -0.05) is 42.5 Å². The van der Waals surface area contributed by atoms with E-state index in [1.807, 2.05) is 65.6 Å². The highest BCUT2D eigenvalue weighted by molar-refractivity contribution is 6.07. The van der Waals surface area contributed by atoms with Gasteiger partial charge in [0.2, 0.25) is 11.8 Å². The van der Waals surface area contributed by atoms with Crippen molar-refractivity contribution in [3.05, 3.63) is 66.9 Å². The topological polar surface area (TPSA) is 56.8 Å². The predicted molar refractivity (Wildman–Crippen MR) is 117 cm³/mol. The molecule has 1 aromatic heterocycles. The fourth-order valence-corrected chi connectivity index (χ4v) is 4.50. The molecule has 2 aliphatic heterocycles. The molecule has 0 spiro atoms. The zero-order valence-corrected chi connectivity index (χ0v) is 16.8. The molecular formula is C24H24N4O2. The molecule has 0 saturated carbocycles. The Morgan fingerprint density at radius 1 is 0.900 bits per heavy atom. The molecule has 2 fully saturated rings. The number of hydrogen-bond acceptors (Lipinski definition) is 4. The number of fused-ring (bicyclic) bond motifs is 1. The molecule has 2 saturated heterocycles. The Morgan fingerprint density at radius 2 is 1.67 bits per heavy atom. The number of benzene rings is 2. The van der Waals surface area contributed by atoms with Crippen LogP contribution in [0.2, 0.25) is 0 Å². The van der Waals surface area contributed by atoms with E-state index in [1.54, 1.807) is 11.1 Å². The molecule has 5 rings (SSSR count). The van der Waals surface area contributed by atoms with Crippen molar-refractivity contribution in [1.29, 1.82) is 0 Å². The van der Waals surface area contributed by atoms with Crippen LogP contribution in [0.1, 0.15) is 6.42 Å². The first-order valence-electron chi connectivity index (χ1n) is 10.4. The number of carbonyl (C=O) groups is 2. The van der Waals surface area contributed by atoms with Crippen molar-refractivity contribution in [2.75, 3.05) is 42.5 Å². The lowest BCUT2D eigenvalue weighted by molar-refractivity contribution is -0.136. The number of nitrogens with zero attached hydrogens (tertiary/aromatic N) is 4. The molecule has 0 radical (unpaired) electrons. The second-order valence-corrected chi connectivity index (χ2v) is 7.90. The fourth-order valence-electron chi connectivity index (χ4n) is 4.50. The lowest BCUT2D eigenvalue weighted by atomic mass is 10.1. The number of hydrogen-bond donors (Lipinski definition) is 0. The Balaban J connectivity index is 1.27. The van der Waals surface area contributed by atoms with E-state index in [1.165, 1.54) is 0 Å². The number of pyridine rings is 1. The minimum Gasteiger partial charge on any atom is -0.353 e. The van der Waals surface area contributed by atoms with Crippen LogP contribution < -0.4 is 9.80 Å². The molecule has 2 aliphatic rings. The maximum absolute atomic E-state index is 13.1. The molecule has 6 nitrogen and oxygen atoms in total. The predicted octanol–water partition coefficient (Wildman–Crippen LogP) is 2.94.